The Balaban J connectivity index is 2.56. The van der Waals surface area contributed by atoms with E-state index in [2.05, 4.69) is 0 Å². The van der Waals surface area contributed by atoms with Crippen molar-refractivity contribution in [3.63, 3.8) is 0 Å². The number of para-hydroxylation sites is 1. The molecule has 0 saturated carbocycles. The molecule has 104 valence electrons. The Morgan fingerprint density at radius 3 is 2.55 bits per heavy atom. The number of aryl methyl sites for hydroxylation is 1. The van der Waals surface area contributed by atoms with Gasteiger partial charge in [-0.05, 0) is 53.8 Å². The number of nitrogens with zero attached hydrogens (tertiary/aromatic N) is 2. The fraction of sp³-hybridized carbons (Fsp3) is 0.0769. The maximum absolute atomic E-state index is 14.3. The molecule has 0 aliphatic rings. The third kappa shape index (κ3) is 2.72. The van der Waals surface area contributed by atoms with Crippen molar-refractivity contribution in [1.82, 2.24) is 0 Å². The number of nitro benzene ring substituents is 1. The van der Waals surface area contributed by atoms with Crippen molar-refractivity contribution in [2.75, 3.05) is 5.12 Å². The summed E-state index contributed by atoms with van der Waals surface area (Å²) in [5.41, 5.74) is -0.733. The molecule has 0 aliphatic heterocycles. The van der Waals surface area contributed by atoms with Crippen LogP contribution in [0, 0.1) is 26.4 Å². The Labute approximate surface area is 127 Å². The maximum Gasteiger partial charge on any atom is 0.298 e. The van der Waals surface area contributed by atoms with Crippen LogP contribution in [0.3, 0.4) is 0 Å². The molecule has 0 unspecified atom stereocenters. The summed E-state index contributed by atoms with van der Waals surface area (Å²) in [5.74, 6) is -0.782. The first-order valence-electron chi connectivity index (χ1n) is 5.57. The molecule has 0 N–H and O–H groups in total. The first-order chi connectivity index (χ1) is 9.41. The summed E-state index contributed by atoms with van der Waals surface area (Å²) in [5, 5.41) is 11.0. The number of anilines is 2. The Morgan fingerprint density at radius 2 is 1.95 bits per heavy atom. The minimum absolute atomic E-state index is 0.00343. The van der Waals surface area contributed by atoms with E-state index in [1.54, 1.807) is 0 Å². The molecule has 2 aromatic carbocycles. The van der Waals surface area contributed by atoms with Gasteiger partial charge in [0.2, 0.25) is 0 Å². The number of benzene rings is 2. The average Bonchev–Trinajstić information content (AvgIpc) is 2.37. The van der Waals surface area contributed by atoms with Gasteiger partial charge < -0.3 is 0 Å². The number of rotatable bonds is 3. The van der Waals surface area contributed by atoms with Crippen LogP contribution in [0.1, 0.15) is 5.56 Å². The molecule has 2 rings (SSSR count). The van der Waals surface area contributed by atoms with Gasteiger partial charge in [-0.25, -0.2) is 4.39 Å². The lowest BCUT2D eigenvalue weighted by atomic mass is 10.1. The van der Waals surface area contributed by atoms with Gasteiger partial charge in [-0.3, -0.25) is 10.1 Å². The number of halogens is 3. The van der Waals surface area contributed by atoms with Gasteiger partial charge in [0.1, 0.15) is 5.69 Å². The minimum atomic E-state index is -0.782. The molecule has 0 aromatic heterocycles. The van der Waals surface area contributed by atoms with Crippen molar-refractivity contribution in [3.05, 3.63) is 61.5 Å². The van der Waals surface area contributed by atoms with Crippen molar-refractivity contribution in [2.24, 2.45) is 0 Å². The van der Waals surface area contributed by atoms with E-state index < -0.39 is 10.7 Å². The van der Waals surface area contributed by atoms with E-state index in [-0.39, 0.29) is 22.2 Å². The van der Waals surface area contributed by atoms with Crippen LogP contribution in [-0.2, 0) is 0 Å². The molecule has 0 bridgehead atoms. The van der Waals surface area contributed by atoms with E-state index in [0.29, 0.717) is 9.13 Å². The van der Waals surface area contributed by atoms with E-state index in [9.17, 15) is 19.0 Å². The molecule has 0 atom stereocenters. The molecule has 0 amide bonds. The average molecular weight is 390 g/mol. The van der Waals surface area contributed by atoms with Crippen molar-refractivity contribution in [2.45, 2.75) is 6.92 Å². The van der Waals surface area contributed by atoms with Gasteiger partial charge in [0, 0.05) is 9.13 Å². The van der Waals surface area contributed by atoms with Crippen LogP contribution in [0.5, 0.6) is 0 Å². The highest BCUT2D eigenvalue weighted by molar-refractivity contribution is 14.1. The highest BCUT2D eigenvalue weighted by atomic mass is 127. The summed E-state index contributed by atoms with van der Waals surface area (Å²) in [4.78, 5) is 10.4. The molecular formula is C13H9F2IN2O2. The van der Waals surface area contributed by atoms with Crippen LogP contribution in [0.25, 0.3) is 0 Å². The first kappa shape index (κ1) is 14.6. The molecular weight excluding hydrogens is 381 g/mol. The third-order valence-electron chi connectivity index (χ3n) is 2.73. The topological polar surface area (TPSA) is 46.4 Å². The summed E-state index contributed by atoms with van der Waals surface area (Å²) in [6.45, 7) is 1.50. The summed E-state index contributed by atoms with van der Waals surface area (Å²) < 4.78 is 28.7. The zero-order valence-electron chi connectivity index (χ0n) is 10.3. The van der Waals surface area contributed by atoms with Gasteiger partial charge in [0.25, 0.3) is 5.69 Å². The molecule has 0 spiro atoms. The molecule has 0 saturated heterocycles. The lowest BCUT2D eigenvalue weighted by molar-refractivity contribution is -0.384. The predicted molar refractivity (Wildman–Crippen MR) is 80.2 cm³/mol. The molecule has 0 fully saturated rings. The Morgan fingerprint density at radius 1 is 1.25 bits per heavy atom. The van der Waals surface area contributed by atoms with Gasteiger partial charge in [0.05, 0.1) is 4.92 Å². The first-order valence-corrected chi connectivity index (χ1v) is 6.64. The van der Waals surface area contributed by atoms with Crippen molar-refractivity contribution in [3.8, 4) is 0 Å². The van der Waals surface area contributed by atoms with Crippen molar-refractivity contribution < 1.29 is 13.8 Å². The lowest BCUT2D eigenvalue weighted by Crippen LogP contribution is -2.09. The molecule has 20 heavy (non-hydrogen) atoms. The molecule has 2 aromatic rings. The smallest absolute Gasteiger partial charge is 0.258 e. The van der Waals surface area contributed by atoms with Gasteiger partial charge in [-0.2, -0.15) is 5.12 Å². The van der Waals surface area contributed by atoms with E-state index in [0.717, 1.165) is 6.07 Å². The second-order valence-corrected chi connectivity index (χ2v) is 5.32. The molecule has 0 aliphatic carbocycles. The monoisotopic (exact) mass is 390 g/mol. The third-order valence-corrected chi connectivity index (χ3v) is 3.40. The van der Waals surface area contributed by atoms with Crippen LogP contribution in [0.15, 0.2) is 36.4 Å². The van der Waals surface area contributed by atoms with Gasteiger partial charge >= 0.3 is 0 Å². The second kappa shape index (κ2) is 5.70. The second-order valence-electron chi connectivity index (χ2n) is 4.08. The van der Waals surface area contributed by atoms with Crippen LogP contribution in [-0.4, -0.2) is 4.92 Å². The van der Waals surface area contributed by atoms with Crippen molar-refractivity contribution in [1.29, 1.82) is 0 Å². The van der Waals surface area contributed by atoms with E-state index in [1.165, 1.54) is 37.3 Å². The number of hydrogen-bond acceptors (Lipinski definition) is 3. The fourth-order valence-electron chi connectivity index (χ4n) is 1.81. The van der Waals surface area contributed by atoms with Gasteiger partial charge in [-0.1, -0.05) is 16.6 Å². The zero-order valence-corrected chi connectivity index (χ0v) is 12.5. The standard InChI is InChI=1S/C13H9F2IN2O2/c1-8-3-2-4-12(13(8)18(19)20)17(15)11-6-5-9(16)7-10(11)14/h2-7H,1H3. The molecule has 0 heterocycles. The van der Waals surface area contributed by atoms with Crippen molar-refractivity contribution >= 4 is 39.7 Å². The van der Waals surface area contributed by atoms with Gasteiger partial charge in [-0.15, -0.1) is 0 Å². The minimum Gasteiger partial charge on any atom is -0.258 e. The summed E-state index contributed by atoms with van der Waals surface area (Å²) in [6, 6.07) is 8.14. The molecule has 0 radical (unpaired) electrons. The molecule has 4 nitrogen and oxygen atoms in total. The Bertz CT molecular complexity index is 679. The summed E-state index contributed by atoms with van der Waals surface area (Å²) in [6.07, 6.45) is 0. The zero-order chi connectivity index (χ0) is 14.9. The maximum atomic E-state index is 14.3. The molecule has 7 heteroatoms. The predicted octanol–water partition coefficient (Wildman–Crippen LogP) is 4.67. The lowest BCUT2D eigenvalue weighted by Gasteiger charge is -2.15. The summed E-state index contributed by atoms with van der Waals surface area (Å²) in [7, 11) is 0. The highest BCUT2D eigenvalue weighted by Crippen LogP contribution is 2.37. The largest absolute Gasteiger partial charge is 0.298 e. The Hall–Kier alpha value is -1.77. The Kier molecular flexibility index (Phi) is 4.17. The van der Waals surface area contributed by atoms with Gasteiger partial charge in [0.15, 0.2) is 11.5 Å². The van der Waals surface area contributed by atoms with E-state index >= 15 is 0 Å². The normalized spacial score (nSPS) is 10.4. The van der Waals surface area contributed by atoms with Crippen LogP contribution < -0.4 is 5.12 Å². The number of nitro groups is 1. The van der Waals surface area contributed by atoms with E-state index in [4.69, 9.17) is 0 Å². The number of hydrogen-bond donors (Lipinski definition) is 0. The summed E-state index contributed by atoms with van der Waals surface area (Å²) >= 11 is 1.89. The fourth-order valence-corrected chi connectivity index (χ4v) is 2.26. The SMILES string of the molecule is Cc1cccc(N(F)c2ccc(I)cc2F)c1[N+](=O)[O-]. The quantitative estimate of drug-likeness (QED) is 0.331. The van der Waals surface area contributed by atoms with Crippen LogP contribution in [0.2, 0.25) is 0 Å². The van der Waals surface area contributed by atoms with Crippen LogP contribution in [0.4, 0.5) is 25.9 Å². The highest BCUT2D eigenvalue weighted by Gasteiger charge is 2.24. The van der Waals surface area contributed by atoms with E-state index in [1.807, 2.05) is 22.6 Å². The van der Waals surface area contributed by atoms with Crippen LogP contribution >= 0.6 is 22.6 Å².